The normalized spacial score (nSPS) is 36.9. The molecule has 38 heavy (non-hydrogen) atoms. The van der Waals surface area contributed by atoms with Gasteiger partial charge in [-0.2, -0.15) is 0 Å². The molecule has 5 aliphatic rings. The van der Waals surface area contributed by atoms with Crippen LogP contribution in [-0.4, -0.2) is 46.7 Å². The standard InChI is InChI=1S/C31H52O5Si2/c1-8-37(9-2,10-3)35-24-17-22-14-15-25-27(16-21(7)30(25)36-38(11-4,12-5)13-6)26(22)20-28-29(32)19-23(18-24)34-31(28)33/h14-15,20-27,30H,8-13,16-19H2,1-7H3/b28-20-/t21-,22+,23-,24+,25-,26-,27-,30-/m0/s1. The lowest BCUT2D eigenvalue weighted by Gasteiger charge is -2.43. The van der Waals surface area contributed by atoms with Gasteiger partial charge in [-0.05, 0) is 72.8 Å². The number of carbonyl (C=O) groups excluding carboxylic acids is 2. The van der Waals surface area contributed by atoms with Crippen molar-refractivity contribution in [3.05, 3.63) is 23.8 Å². The highest BCUT2D eigenvalue weighted by Crippen LogP contribution is 2.52. The number of Topliss-reactive ketones (excluding diaryl/α,β-unsaturated/α-hetero) is 1. The summed E-state index contributed by atoms with van der Waals surface area (Å²) >= 11 is 0. The molecule has 5 nitrogen and oxygen atoms in total. The first kappa shape index (κ1) is 29.9. The molecule has 2 aliphatic heterocycles. The maximum atomic E-state index is 13.2. The second-order valence-corrected chi connectivity index (χ2v) is 22.0. The van der Waals surface area contributed by atoms with Gasteiger partial charge in [-0.25, -0.2) is 4.79 Å². The number of ether oxygens (including phenoxy) is 1. The maximum absolute atomic E-state index is 13.2. The summed E-state index contributed by atoms with van der Waals surface area (Å²) in [6, 6.07) is 6.73. The third kappa shape index (κ3) is 5.72. The molecule has 0 aromatic heterocycles. The number of rotatable bonds is 10. The summed E-state index contributed by atoms with van der Waals surface area (Å²) in [5, 5.41) is 0. The van der Waals surface area contributed by atoms with Gasteiger partial charge in [-0.3, -0.25) is 4.79 Å². The van der Waals surface area contributed by atoms with Gasteiger partial charge in [0.05, 0.1) is 11.7 Å². The summed E-state index contributed by atoms with van der Waals surface area (Å²) in [5.41, 5.74) is 0.292. The van der Waals surface area contributed by atoms with Gasteiger partial charge in [0.1, 0.15) is 6.10 Å². The Morgan fingerprint density at radius 3 is 2.00 bits per heavy atom. The molecule has 2 bridgehead atoms. The van der Waals surface area contributed by atoms with Gasteiger partial charge < -0.3 is 13.6 Å². The van der Waals surface area contributed by atoms with E-state index in [1.165, 1.54) is 0 Å². The number of hydrogen-bond acceptors (Lipinski definition) is 5. The van der Waals surface area contributed by atoms with Crippen molar-refractivity contribution in [3.8, 4) is 0 Å². The molecule has 2 heterocycles. The summed E-state index contributed by atoms with van der Waals surface area (Å²) in [5.74, 6) is 1.10. The molecule has 0 spiro atoms. The molecular weight excluding hydrogens is 509 g/mol. The number of esters is 1. The zero-order chi connectivity index (χ0) is 27.7. The zero-order valence-corrected chi connectivity index (χ0v) is 27.0. The van der Waals surface area contributed by atoms with Crippen LogP contribution in [0.5, 0.6) is 0 Å². The molecule has 0 amide bonds. The van der Waals surface area contributed by atoms with Gasteiger partial charge in [0, 0.05) is 24.9 Å². The van der Waals surface area contributed by atoms with E-state index in [4.69, 9.17) is 13.6 Å². The fourth-order valence-electron chi connectivity index (χ4n) is 8.01. The Labute approximate surface area is 233 Å². The second-order valence-electron chi connectivity index (χ2n) is 12.6. The van der Waals surface area contributed by atoms with Gasteiger partial charge in [-0.1, -0.05) is 66.7 Å². The van der Waals surface area contributed by atoms with Crippen molar-refractivity contribution in [2.24, 2.45) is 29.6 Å². The first-order valence-corrected chi connectivity index (χ1v) is 20.7. The van der Waals surface area contributed by atoms with Crippen molar-refractivity contribution in [1.29, 1.82) is 0 Å². The third-order valence-electron chi connectivity index (χ3n) is 10.9. The van der Waals surface area contributed by atoms with Crippen LogP contribution < -0.4 is 0 Å². The van der Waals surface area contributed by atoms with Crippen molar-refractivity contribution >= 4 is 28.4 Å². The molecule has 0 aromatic rings. The largest absolute Gasteiger partial charge is 0.458 e. The van der Waals surface area contributed by atoms with Crippen LogP contribution in [0, 0.1) is 29.6 Å². The lowest BCUT2D eigenvalue weighted by molar-refractivity contribution is -0.152. The summed E-state index contributed by atoms with van der Waals surface area (Å²) in [6.07, 6.45) is 9.67. The molecule has 0 N–H and O–H groups in total. The Morgan fingerprint density at radius 2 is 1.42 bits per heavy atom. The van der Waals surface area contributed by atoms with Crippen molar-refractivity contribution in [2.45, 2.75) is 129 Å². The van der Waals surface area contributed by atoms with Crippen LogP contribution in [0.15, 0.2) is 23.8 Å². The molecule has 2 fully saturated rings. The Hall–Kier alpha value is -1.03. The molecule has 1 saturated heterocycles. The van der Waals surface area contributed by atoms with Gasteiger partial charge in [0.2, 0.25) is 0 Å². The maximum Gasteiger partial charge on any atom is 0.341 e. The van der Waals surface area contributed by atoms with Crippen LogP contribution in [0.3, 0.4) is 0 Å². The smallest absolute Gasteiger partial charge is 0.341 e. The van der Waals surface area contributed by atoms with E-state index in [1.807, 2.05) is 6.08 Å². The zero-order valence-electron chi connectivity index (χ0n) is 25.0. The highest BCUT2D eigenvalue weighted by Gasteiger charge is 2.51. The molecule has 214 valence electrons. The summed E-state index contributed by atoms with van der Waals surface area (Å²) in [6.45, 7) is 16.0. The molecule has 3 aliphatic carbocycles. The van der Waals surface area contributed by atoms with E-state index >= 15 is 0 Å². The van der Waals surface area contributed by atoms with Gasteiger partial charge in [0.25, 0.3) is 0 Å². The van der Waals surface area contributed by atoms with Gasteiger partial charge in [-0.15, -0.1) is 0 Å². The number of hydrogen-bond donors (Lipinski definition) is 0. The SMILES string of the molecule is CC[Si](CC)(CC)O[C@H]1C[C@H]2CC(=O)/C(=C/[C@@H]3[C@H]4C[C@H](C)[C@H](O[Si](CC)(CC)CC)[C@H]4C=C[C@@H]3C1)C(=O)O2. The molecule has 5 rings (SSSR count). The second kappa shape index (κ2) is 12.2. The van der Waals surface area contributed by atoms with E-state index in [1.54, 1.807) is 0 Å². The van der Waals surface area contributed by atoms with E-state index in [9.17, 15) is 9.59 Å². The highest BCUT2D eigenvalue weighted by atomic mass is 28.4. The quantitative estimate of drug-likeness (QED) is 0.120. The topological polar surface area (TPSA) is 61.8 Å². The number of carbonyl (C=O) groups is 2. The lowest BCUT2D eigenvalue weighted by atomic mass is 9.68. The van der Waals surface area contributed by atoms with Crippen molar-refractivity contribution in [1.82, 2.24) is 0 Å². The molecular formula is C31H52O5Si2. The lowest BCUT2D eigenvalue weighted by Crippen LogP contribution is -2.46. The van der Waals surface area contributed by atoms with E-state index < -0.39 is 22.6 Å². The summed E-state index contributed by atoms with van der Waals surface area (Å²) < 4.78 is 20.0. The van der Waals surface area contributed by atoms with E-state index in [0.717, 1.165) is 49.1 Å². The van der Waals surface area contributed by atoms with Crippen molar-refractivity contribution in [3.63, 3.8) is 0 Å². The fraction of sp³-hybridized carbons (Fsp3) is 0.806. The Morgan fingerprint density at radius 1 is 0.816 bits per heavy atom. The number of fused-ring (bicyclic) bond motifs is 5. The minimum atomic E-state index is -1.86. The van der Waals surface area contributed by atoms with E-state index in [0.29, 0.717) is 29.7 Å². The minimum Gasteiger partial charge on any atom is -0.458 e. The van der Waals surface area contributed by atoms with Crippen LogP contribution in [0.1, 0.15) is 74.1 Å². The van der Waals surface area contributed by atoms with E-state index in [-0.39, 0.29) is 42.4 Å². The average Bonchev–Trinajstić information content (AvgIpc) is 3.23. The first-order chi connectivity index (χ1) is 18.2. The molecule has 1 saturated carbocycles. The average molecular weight is 561 g/mol. The van der Waals surface area contributed by atoms with Gasteiger partial charge >= 0.3 is 5.97 Å². The van der Waals surface area contributed by atoms with E-state index in [2.05, 4.69) is 60.6 Å². The summed E-state index contributed by atoms with van der Waals surface area (Å²) in [4.78, 5) is 26.3. The number of allylic oxidation sites excluding steroid dienone is 2. The van der Waals surface area contributed by atoms with Crippen LogP contribution in [0.2, 0.25) is 36.3 Å². The van der Waals surface area contributed by atoms with Crippen LogP contribution in [0.4, 0.5) is 0 Å². The Balaban J connectivity index is 1.70. The van der Waals surface area contributed by atoms with Crippen molar-refractivity contribution in [2.75, 3.05) is 0 Å². The van der Waals surface area contributed by atoms with Gasteiger partial charge in [0.15, 0.2) is 22.4 Å². The monoisotopic (exact) mass is 560 g/mol. The predicted octanol–water partition coefficient (Wildman–Crippen LogP) is 7.45. The number of ketones is 1. The predicted molar refractivity (Wildman–Crippen MR) is 158 cm³/mol. The Bertz CT molecular complexity index is 885. The third-order valence-corrected chi connectivity index (χ3v) is 20.3. The first-order valence-electron chi connectivity index (χ1n) is 15.7. The molecule has 0 radical (unpaired) electrons. The van der Waals surface area contributed by atoms with Crippen molar-refractivity contribution < 1.29 is 23.2 Å². The molecule has 8 atom stereocenters. The fourth-order valence-corrected chi connectivity index (χ4v) is 13.9. The highest BCUT2D eigenvalue weighted by molar-refractivity contribution is 6.74. The Kier molecular flexibility index (Phi) is 9.64. The molecule has 0 aromatic carbocycles. The van der Waals surface area contributed by atoms with Crippen LogP contribution in [-0.2, 0) is 23.2 Å². The van der Waals surface area contributed by atoms with Crippen LogP contribution in [0.25, 0.3) is 0 Å². The minimum absolute atomic E-state index is 0.0140. The summed E-state index contributed by atoms with van der Waals surface area (Å²) in [7, 11) is -3.62. The molecule has 0 unspecified atom stereocenters. The van der Waals surface area contributed by atoms with Crippen LogP contribution >= 0.6 is 0 Å². The molecule has 7 heteroatoms.